The van der Waals surface area contributed by atoms with E-state index in [-0.39, 0.29) is 18.3 Å². The van der Waals surface area contributed by atoms with Crippen LogP contribution in [0.15, 0.2) is 39.6 Å². The Balaban J connectivity index is 1.65. The predicted molar refractivity (Wildman–Crippen MR) is 85.0 cm³/mol. The summed E-state index contributed by atoms with van der Waals surface area (Å²) in [5.41, 5.74) is 0.910. The van der Waals surface area contributed by atoms with Gasteiger partial charge in [0.25, 0.3) is 0 Å². The molecule has 24 heavy (non-hydrogen) atoms. The lowest BCUT2D eigenvalue weighted by Crippen LogP contribution is -2.19. The first-order valence-corrected chi connectivity index (χ1v) is 7.96. The molecule has 0 saturated carbocycles. The molecule has 0 saturated heterocycles. The van der Waals surface area contributed by atoms with E-state index < -0.39 is 11.9 Å². The highest BCUT2D eigenvalue weighted by molar-refractivity contribution is 8.00. The van der Waals surface area contributed by atoms with Crippen LogP contribution in [0.1, 0.15) is 26.7 Å². The van der Waals surface area contributed by atoms with Crippen LogP contribution in [-0.2, 0) is 20.9 Å². The second kappa shape index (κ2) is 6.79. The van der Waals surface area contributed by atoms with Gasteiger partial charge in [-0.15, -0.1) is 11.8 Å². The first kappa shape index (κ1) is 16.1. The second-order valence-corrected chi connectivity index (χ2v) is 5.90. The fourth-order valence-corrected chi connectivity index (χ4v) is 2.88. The van der Waals surface area contributed by atoms with E-state index in [4.69, 9.17) is 9.15 Å². The van der Waals surface area contributed by atoms with E-state index in [1.54, 1.807) is 18.2 Å². The predicted octanol–water partition coefficient (Wildman–Crippen LogP) is 2.47. The number of thioether (sulfide) groups is 1. The van der Waals surface area contributed by atoms with Crippen LogP contribution >= 0.6 is 11.8 Å². The summed E-state index contributed by atoms with van der Waals surface area (Å²) >= 11 is 1.41. The van der Waals surface area contributed by atoms with Gasteiger partial charge in [0.1, 0.15) is 12.4 Å². The largest absolute Gasteiger partial charge is 0.463 e. The van der Waals surface area contributed by atoms with E-state index in [0.717, 1.165) is 4.90 Å². The third-order valence-electron chi connectivity index (χ3n) is 3.24. The number of ether oxygens (including phenoxy) is 2. The van der Waals surface area contributed by atoms with E-state index in [2.05, 4.69) is 10.1 Å². The molecule has 1 aliphatic heterocycles. The Morgan fingerprint density at radius 3 is 2.88 bits per heavy atom. The van der Waals surface area contributed by atoms with Crippen molar-refractivity contribution in [3.05, 3.63) is 47.4 Å². The molecule has 1 amide bonds. The summed E-state index contributed by atoms with van der Waals surface area (Å²) in [5.74, 6) is -0.543. The van der Waals surface area contributed by atoms with Gasteiger partial charge >= 0.3 is 11.9 Å². The summed E-state index contributed by atoms with van der Waals surface area (Å²) in [6, 6.07) is 7.94. The molecule has 8 heteroatoms. The maximum atomic E-state index is 12.1. The van der Waals surface area contributed by atoms with Gasteiger partial charge in [0, 0.05) is 4.90 Å². The molecule has 3 rings (SSSR count). The van der Waals surface area contributed by atoms with Crippen LogP contribution < -0.4 is 5.32 Å². The maximum Gasteiger partial charge on any atom is 0.373 e. The number of rotatable bonds is 4. The summed E-state index contributed by atoms with van der Waals surface area (Å²) in [5, 5.41) is 2.71. The Labute approximate surface area is 141 Å². The van der Waals surface area contributed by atoms with Crippen LogP contribution in [0.5, 0.6) is 0 Å². The molecule has 0 aliphatic carbocycles. The Bertz CT molecular complexity index is 813. The highest BCUT2D eigenvalue weighted by Crippen LogP contribution is 2.32. The molecule has 1 N–H and O–H groups in total. The molecule has 1 aromatic carbocycles. The summed E-state index contributed by atoms with van der Waals surface area (Å²) in [4.78, 5) is 35.7. The van der Waals surface area contributed by atoms with Crippen molar-refractivity contribution in [1.82, 2.24) is 0 Å². The summed E-state index contributed by atoms with van der Waals surface area (Å²) in [7, 11) is 1.25. The molecule has 0 radical (unpaired) electrons. The lowest BCUT2D eigenvalue weighted by Gasteiger charge is -2.16. The zero-order valence-electron chi connectivity index (χ0n) is 12.7. The van der Waals surface area contributed by atoms with Gasteiger partial charge in [0.05, 0.1) is 24.1 Å². The Morgan fingerprint density at radius 1 is 1.25 bits per heavy atom. The van der Waals surface area contributed by atoms with Gasteiger partial charge < -0.3 is 19.2 Å². The molecule has 0 unspecified atom stereocenters. The van der Waals surface area contributed by atoms with Crippen LogP contribution in [-0.4, -0.2) is 30.7 Å². The third-order valence-corrected chi connectivity index (χ3v) is 4.32. The standard InChI is InChI=1S/C16H13NO6S/c1-21-16(20)12-4-3-10(23-12)7-22-15(19)9-2-5-13-11(6-9)17-14(18)8-24-13/h2-6H,7-8H2,1H3,(H,17,18). The first-order chi connectivity index (χ1) is 11.6. The number of carbonyl (C=O) groups excluding carboxylic acids is 3. The van der Waals surface area contributed by atoms with Crippen molar-refractivity contribution in [1.29, 1.82) is 0 Å². The number of hydrogen-bond donors (Lipinski definition) is 1. The van der Waals surface area contributed by atoms with Crippen molar-refractivity contribution in [3.63, 3.8) is 0 Å². The molecule has 0 atom stereocenters. The number of anilines is 1. The van der Waals surface area contributed by atoms with Crippen molar-refractivity contribution >= 4 is 35.3 Å². The van der Waals surface area contributed by atoms with Gasteiger partial charge in [-0.2, -0.15) is 0 Å². The van der Waals surface area contributed by atoms with E-state index >= 15 is 0 Å². The van der Waals surface area contributed by atoms with Crippen molar-refractivity contribution in [2.75, 3.05) is 18.2 Å². The summed E-state index contributed by atoms with van der Waals surface area (Å²) < 4.78 is 14.9. The molecule has 2 heterocycles. The normalized spacial score (nSPS) is 13.0. The van der Waals surface area contributed by atoms with Crippen molar-refractivity contribution in [3.8, 4) is 0 Å². The molecule has 1 aromatic heterocycles. The number of esters is 2. The van der Waals surface area contributed by atoms with Crippen LogP contribution in [0.4, 0.5) is 5.69 Å². The molecule has 2 aromatic rings. The molecular formula is C16H13NO6S. The van der Waals surface area contributed by atoms with Crippen molar-refractivity contribution < 1.29 is 28.3 Å². The number of amides is 1. The molecule has 0 fully saturated rings. The Kier molecular flexibility index (Phi) is 4.57. The highest BCUT2D eigenvalue weighted by Gasteiger charge is 2.18. The Morgan fingerprint density at radius 2 is 2.08 bits per heavy atom. The van der Waals surface area contributed by atoms with E-state index in [9.17, 15) is 14.4 Å². The van der Waals surface area contributed by atoms with E-state index in [1.165, 1.54) is 31.0 Å². The molecule has 0 bridgehead atoms. The fourth-order valence-electron chi connectivity index (χ4n) is 2.10. The summed E-state index contributed by atoms with van der Waals surface area (Å²) in [6.07, 6.45) is 0. The minimum atomic E-state index is -0.601. The fraction of sp³-hybridized carbons (Fsp3) is 0.188. The lowest BCUT2D eigenvalue weighted by atomic mass is 10.2. The van der Waals surface area contributed by atoms with Gasteiger partial charge in [0.15, 0.2) is 0 Å². The lowest BCUT2D eigenvalue weighted by molar-refractivity contribution is -0.113. The van der Waals surface area contributed by atoms with Crippen LogP contribution in [0.2, 0.25) is 0 Å². The molecule has 0 spiro atoms. The minimum Gasteiger partial charge on any atom is -0.463 e. The highest BCUT2D eigenvalue weighted by atomic mass is 32.2. The number of hydrogen-bond acceptors (Lipinski definition) is 7. The molecular weight excluding hydrogens is 334 g/mol. The van der Waals surface area contributed by atoms with Gasteiger partial charge in [-0.3, -0.25) is 4.79 Å². The van der Waals surface area contributed by atoms with Crippen LogP contribution in [0.3, 0.4) is 0 Å². The molecule has 124 valence electrons. The first-order valence-electron chi connectivity index (χ1n) is 6.97. The van der Waals surface area contributed by atoms with Gasteiger partial charge in [-0.1, -0.05) is 0 Å². The quantitative estimate of drug-likeness (QED) is 0.849. The smallest absolute Gasteiger partial charge is 0.373 e. The molecule has 1 aliphatic rings. The third kappa shape index (κ3) is 3.43. The maximum absolute atomic E-state index is 12.1. The monoisotopic (exact) mass is 347 g/mol. The topological polar surface area (TPSA) is 94.8 Å². The van der Waals surface area contributed by atoms with Crippen LogP contribution in [0, 0.1) is 0 Å². The van der Waals surface area contributed by atoms with Crippen molar-refractivity contribution in [2.45, 2.75) is 11.5 Å². The number of carbonyl (C=O) groups is 3. The van der Waals surface area contributed by atoms with Gasteiger partial charge in [-0.25, -0.2) is 9.59 Å². The number of benzene rings is 1. The summed E-state index contributed by atoms with van der Waals surface area (Å²) in [6.45, 7) is -0.117. The average Bonchev–Trinajstić information content (AvgIpc) is 3.07. The Hall–Kier alpha value is -2.74. The van der Waals surface area contributed by atoms with Crippen LogP contribution in [0.25, 0.3) is 0 Å². The zero-order valence-corrected chi connectivity index (χ0v) is 13.5. The van der Waals surface area contributed by atoms with E-state index in [0.29, 0.717) is 22.8 Å². The zero-order chi connectivity index (χ0) is 17.1. The molecule has 7 nitrogen and oxygen atoms in total. The van der Waals surface area contributed by atoms with Gasteiger partial charge in [-0.05, 0) is 30.3 Å². The number of methoxy groups -OCH3 is 1. The average molecular weight is 347 g/mol. The minimum absolute atomic E-state index is 0.0390. The SMILES string of the molecule is COC(=O)c1ccc(COC(=O)c2ccc3c(c2)NC(=O)CS3)o1. The number of nitrogens with one attached hydrogen (secondary N) is 1. The second-order valence-electron chi connectivity index (χ2n) is 4.88. The number of furan rings is 1. The number of fused-ring (bicyclic) bond motifs is 1. The van der Waals surface area contributed by atoms with Crippen molar-refractivity contribution in [2.24, 2.45) is 0 Å². The van der Waals surface area contributed by atoms with Gasteiger partial charge in [0.2, 0.25) is 11.7 Å². The van der Waals surface area contributed by atoms with E-state index in [1.807, 2.05) is 0 Å².